The molecular weight excluding hydrogens is 637 g/mol. The Morgan fingerprint density at radius 3 is 2.54 bits per heavy atom. The van der Waals surface area contributed by atoms with Gasteiger partial charge in [0, 0.05) is 80.2 Å². The van der Waals surface area contributed by atoms with Gasteiger partial charge in [0.1, 0.15) is 34.7 Å². The van der Waals surface area contributed by atoms with Gasteiger partial charge in [-0.25, -0.2) is 18.7 Å². The van der Waals surface area contributed by atoms with Crippen LogP contribution in [0.5, 0.6) is 0 Å². The number of piperazine rings is 1. The number of piperidine rings is 1. The number of nitrogens with one attached hydrogen (secondary N) is 1. The van der Waals surface area contributed by atoms with Crippen LogP contribution in [0.15, 0.2) is 30.6 Å². The molecule has 14 heteroatoms. The van der Waals surface area contributed by atoms with Crippen LogP contribution in [0.25, 0.3) is 21.1 Å². The maximum absolute atomic E-state index is 12.9. The molecule has 0 aliphatic carbocycles. The fraction of sp³-hybridized carbons (Fsp3) is 0.531. The fourth-order valence-electron chi connectivity index (χ4n) is 6.68. The normalized spacial score (nSPS) is 18.4. The highest BCUT2D eigenvalue weighted by molar-refractivity contribution is 7.96. The second-order valence-corrected chi connectivity index (χ2v) is 14.3. The van der Waals surface area contributed by atoms with Gasteiger partial charge in [-0.3, -0.25) is 9.80 Å². The zero-order valence-electron chi connectivity index (χ0n) is 26.0. The zero-order chi connectivity index (χ0) is 32.4. The molecule has 2 saturated heterocycles. The number of rotatable bonds is 10. The molecule has 246 valence electrons. The number of aromatic nitrogens is 3. The molecule has 0 radical (unpaired) electrons. The number of nitrogens with zero attached hydrogens (tertiary/aromatic N) is 7. The van der Waals surface area contributed by atoms with Gasteiger partial charge in [0.25, 0.3) is 0 Å². The van der Waals surface area contributed by atoms with Gasteiger partial charge in [-0.2, -0.15) is 18.4 Å². The topological polar surface area (TPSA) is 76.2 Å². The van der Waals surface area contributed by atoms with Crippen LogP contribution in [0, 0.1) is 18.3 Å². The van der Waals surface area contributed by atoms with E-state index in [0.29, 0.717) is 21.7 Å². The van der Waals surface area contributed by atoms with Crippen molar-refractivity contribution in [1.29, 1.82) is 5.26 Å². The Morgan fingerprint density at radius 1 is 1.09 bits per heavy atom. The summed E-state index contributed by atoms with van der Waals surface area (Å²) < 4.78 is 55.7. The molecule has 46 heavy (non-hydrogen) atoms. The molecule has 0 unspecified atom stereocenters. The number of alkyl halides is 4. The molecular formula is C32H38F4N8S2. The summed E-state index contributed by atoms with van der Waals surface area (Å²) in [5.41, 5.74) is 4.16. The lowest BCUT2D eigenvalue weighted by atomic mass is 10.0. The van der Waals surface area contributed by atoms with Crippen LogP contribution in [-0.4, -0.2) is 92.2 Å². The summed E-state index contributed by atoms with van der Waals surface area (Å²) in [6.45, 7) is 11.0. The molecule has 5 heterocycles. The van der Waals surface area contributed by atoms with Gasteiger partial charge in [-0.05, 0) is 68.0 Å². The summed E-state index contributed by atoms with van der Waals surface area (Å²) in [6.07, 6.45) is -2.03. The highest BCUT2D eigenvalue weighted by atomic mass is 32.2. The van der Waals surface area contributed by atoms with Crippen molar-refractivity contribution in [1.82, 2.24) is 28.6 Å². The van der Waals surface area contributed by atoms with Crippen molar-refractivity contribution < 1.29 is 17.6 Å². The Labute approximate surface area is 274 Å². The molecule has 8 nitrogen and oxygen atoms in total. The minimum absolute atomic E-state index is 0.170. The highest BCUT2D eigenvalue weighted by Crippen LogP contribution is 2.34. The third-order valence-corrected chi connectivity index (χ3v) is 11.1. The van der Waals surface area contributed by atoms with Crippen LogP contribution in [0.4, 0.5) is 23.4 Å². The monoisotopic (exact) mass is 674 g/mol. The van der Waals surface area contributed by atoms with Crippen LogP contribution in [0.1, 0.15) is 41.5 Å². The molecule has 3 aromatic heterocycles. The number of nitriles is 1. The maximum atomic E-state index is 12.9. The predicted molar refractivity (Wildman–Crippen MR) is 177 cm³/mol. The van der Waals surface area contributed by atoms with E-state index >= 15 is 0 Å². The van der Waals surface area contributed by atoms with Crippen LogP contribution in [0.3, 0.4) is 0 Å². The summed E-state index contributed by atoms with van der Waals surface area (Å²) in [7, 11) is 0. The van der Waals surface area contributed by atoms with Crippen molar-refractivity contribution >= 4 is 50.2 Å². The lowest BCUT2D eigenvalue weighted by molar-refractivity contribution is -0.126. The molecule has 0 saturated carbocycles. The van der Waals surface area contributed by atoms with Crippen LogP contribution in [-0.2, 0) is 19.5 Å². The van der Waals surface area contributed by atoms with Crippen LogP contribution in [0.2, 0.25) is 0 Å². The molecule has 2 aliphatic heterocycles. The van der Waals surface area contributed by atoms with E-state index in [9.17, 15) is 22.8 Å². The Kier molecular flexibility index (Phi) is 10.1. The predicted octanol–water partition coefficient (Wildman–Crippen LogP) is 6.59. The number of aryl methyl sites for hydroxylation is 1. The van der Waals surface area contributed by atoms with E-state index < -0.39 is 18.6 Å². The van der Waals surface area contributed by atoms with Crippen molar-refractivity contribution in [2.24, 2.45) is 0 Å². The quantitative estimate of drug-likeness (QED) is 0.149. The van der Waals surface area contributed by atoms with Crippen LogP contribution >= 0.6 is 23.3 Å². The number of thiophene rings is 1. The van der Waals surface area contributed by atoms with Gasteiger partial charge in [-0.1, -0.05) is 6.07 Å². The molecule has 2 aliphatic rings. The Morgan fingerprint density at radius 2 is 1.85 bits per heavy atom. The number of likely N-dealkylation sites (tertiary alicyclic amines) is 1. The molecule has 4 aromatic rings. The van der Waals surface area contributed by atoms with Gasteiger partial charge in [0.05, 0.1) is 11.8 Å². The first-order valence-corrected chi connectivity index (χ1v) is 17.4. The van der Waals surface area contributed by atoms with Gasteiger partial charge in [-0.15, -0.1) is 11.3 Å². The standard InChI is InChI=1S/C32H38F4N8S2/c1-21(42-9-11-43(12-10-42)45-19-33)17-44-25(16-37)13-27-22(2)23(3-4-29(27)44)18-41-7-5-24(6-8-41)40-30-28-14-26(15-32(34,35)36)46-31(28)39-20-38-30/h3-4,13-14,20-21,24H,5-12,15,17-19H2,1-2H3,(H,38,39,40)/t21-/m1/s1. The van der Waals surface area contributed by atoms with E-state index in [1.165, 1.54) is 29.4 Å². The van der Waals surface area contributed by atoms with E-state index in [0.717, 1.165) is 87.4 Å². The number of halogens is 4. The number of hydrogen-bond donors (Lipinski definition) is 1. The molecule has 1 aromatic carbocycles. The number of benzene rings is 1. The van der Waals surface area contributed by atoms with Gasteiger partial charge in [0.2, 0.25) is 0 Å². The highest BCUT2D eigenvalue weighted by Gasteiger charge is 2.29. The summed E-state index contributed by atoms with van der Waals surface area (Å²) in [5, 5.41) is 15.2. The zero-order valence-corrected chi connectivity index (χ0v) is 27.6. The number of anilines is 1. The third kappa shape index (κ3) is 7.44. The summed E-state index contributed by atoms with van der Waals surface area (Å²) >= 11 is 2.31. The molecule has 1 N–H and O–H groups in total. The van der Waals surface area contributed by atoms with E-state index in [4.69, 9.17) is 0 Å². The average molecular weight is 675 g/mol. The number of fused-ring (bicyclic) bond motifs is 2. The molecule has 1 atom stereocenters. The lowest BCUT2D eigenvalue weighted by Gasteiger charge is -2.37. The third-order valence-electron chi connectivity index (χ3n) is 9.23. The lowest BCUT2D eigenvalue weighted by Crippen LogP contribution is -2.48. The minimum atomic E-state index is -4.26. The van der Waals surface area contributed by atoms with Crippen molar-refractivity contribution in [3.05, 3.63) is 52.3 Å². The first-order valence-electron chi connectivity index (χ1n) is 15.6. The van der Waals surface area contributed by atoms with E-state index in [1.807, 2.05) is 6.07 Å². The molecule has 6 rings (SSSR count). The van der Waals surface area contributed by atoms with Crippen molar-refractivity contribution in [2.45, 2.75) is 64.5 Å². The number of hydrogen-bond acceptors (Lipinski definition) is 9. The smallest absolute Gasteiger partial charge is 0.367 e. The second-order valence-electron chi connectivity index (χ2n) is 12.2. The largest absolute Gasteiger partial charge is 0.393 e. The SMILES string of the molecule is Cc1c(CN2CCC(Nc3ncnc4sc(CC(F)(F)F)cc34)CC2)ccc2c1cc(C#N)n2C[C@@H](C)N1CCN(SCF)CC1. The first kappa shape index (κ1) is 33.0. The Bertz CT molecular complexity index is 1700. The molecule has 0 bridgehead atoms. The first-order chi connectivity index (χ1) is 22.1. The van der Waals surface area contributed by atoms with Gasteiger partial charge >= 0.3 is 6.18 Å². The second kappa shape index (κ2) is 14.0. The molecule has 0 amide bonds. The minimum Gasteiger partial charge on any atom is -0.367 e. The fourth-order valence-corrected chi connectivity index (χ4v) is 8.26. The molecule has 0 spiro atoms. The van der Waals surface area contributed by atoms with Gasteiger partial charge in [0.15, 0.2) is 0 Å². The van der Waals surface area contributed by atoms with Gasteiger partial charge < -0.3 is 9.88 Å². The Hall–Kier alpha value is -2.96. The van der Waals surface area contributed by atoms with E-state index in [-0.39, 0.29) is 17.0 Å². The molecule has 2 fully saturated rings. The summed E-state index contributed by atoms with van der Waals surface area (Å²) in [5.74, 6) is 0.597. The van der Waals surface area contributed by atoms with E-state index in [2.05, 4.69) is 66.0 Å². The van der Waals surface area contributed by atoms with Crippen molar-refractivity contribution in [3.8, 4) is 6.07 Å². The van der Waals surface area contributed by atoms with Crippen LogP contribution < -0.4 is 5.32 Å². The maximum Gasteiger partial charge on any atom is 0.393 e. The van der Waals surface area contributed by atoms with Crippen molar-refractivity contribution in [2.75, 3.05) is 50.6 Å². The van der Waals surface area contributed by atoms with Crippen molar-refractivity contribution in [3.63, 3.8) is 0 Å². The summed E-state index contributed by atoms with van der Waals surface area (Å²) in [6, 6.07) is 10.3. The average Bonchev–Trinajstić information content (AvgIpc) is 3.60. The van der Waals surface area contributed by atoms with E-state index in [1.54, 1.807) is 6.07 Å². The summed E-state index contributed by atoms with van der Waals surface area (Å²) in [4.78, 5) is 14.2. The Balaban J connectivity index is 1.08.